The van der Waals surface area contributed by atoms with E-state index in [1.54, 1.807) is 0 Å². The normalized spacial score (nSPS) is 29.1. The van der Waals surface area contributed by atoms with E-state index in [-0.39, 0.29) is 18.1 Å². The lowest BCUT2D eigenvalue weighted by molar-refractivity contribution is -0.142. The summed E-state index contributed by atoms with van der Waals surface area (Å²) in [6.45, 7) is 2.01. The van der Waals surface area contributed by atoms with Gasteiger partial charge in [0.05, 0.1) is 5.92 Å². The number of carbonyl (C=O) groups excluding carboxylic acids is 1. The van der Waals surface area contributed by atoms with Crippen molar-refractivity contribution in [2.24, 2.45) is 11.8 Å². The number of nitrogens with one attached hydrogen (secondary N) is 2. The molecule has 0 radical (unpaired) electrons. The van der Waals surface area contributed by atoms with Gasteiger partial charge in [-0.2, -0.15) is 0 Å². The number of rotatable bonds is 4. The zero-order valence-electron chi connectivity index (χ0n) is 11.5. The van der Waals surface area contributed by atoms with Gasteiger partial charge in [0.25, 0.3) is 0 Å². The predicted molar refractivity (Wildman–Crippen MR) is 71.9 cm³/mol. The minimum atomic E-state index is -0.789. The molecule has 2 saturated carbocycles. The Hall–Kier alpha value is -1.26. The molecule has 0 bridgehead atoms. The highest BCUT2D eigenvalue weighted by Gasteiger charge is 2.32. The number of urea groups is 1. The van der Waals surface area contributed by atoms with Crippen molar-refractivity contribution in [3.63, 3.8) is 0 Å². The van der Waals surface area contributed by atoms with Crippen LogP contribution in [-0.2, 0) is 4.79 Å². The molecule has 2 fully saturated rings. The molecule has 0 aromatic carbocycles. The number of carboxylic acids is 1. The van der Waals surface area contributed by atoms with Crippen molar-refractivity contribution in [1.82, 2.24) is 10.6 Å². The zero-order chi connectivity index (χ0) is 13.8. The largest absolute Gasteiger partial charge is 0.481 e. The fourth-order valence-electron chi connectivity index (χ4n) is 2.91. The summed E-state index contributed by atoms with van der Waals surface area (Å²) in [4.78, 5) is 23.2. The smallest absolute Gasteiger partial charge is 0.315 e. The molecule has 5 nitrogen and oxygen atoms in total. The topological polar surface area (TPSA) is 78.4 Å². The van der Waals surface area contributed by atoms with Crippen molar-refractivity contribution in [3.05, 3.63) is 0 Å². The van der Waals surface area contributed by atoms with Crippen LogP contribution in [0.25, 0.3) is 0 Å². The molecule has 108 valence electrons. The molecule has 2 amide bonds. The van der Waals surface area contributed by atoms with Gasteiger partial charge in [0, 0.05) is 12.1 Å². The van der Waals surface area contributed by atoms with Gasteiger partial charge in [-0.15, -0.1) is 0 Å². The van der Waals surface area contributed by atoms with E-state index in [1.165, 1.54) is 12.8 Å². The van der Waals surface area contributed by atoms with Gasteiger partial charge in [-0.3, -0.25) is 4.79 Å². The van der Waals surface area contributed by atoms with Crippen LogP contribution in [0.1, 0.15) is 51.9 Å². The molecule has 2 rings (SSSR count). The van der Waals surface area contributed by atoms with Crippen LogP contribution in [0.5, 0.6) is 0 Å². The average Bonchev–Trinajstić information content (AvgIpc) is 3.15. The van der Waals surface area contributed by atoms with Crippen molar-refractivity contribution in [1.29, 1.82) is 0 Å². The third-order valence-electron chi connectivity index (χ3n) is 4.34. The maximum Gasteiger partial charge on any atom is 0.315 e. The Morgan fingerprint density at radius 2 is 1.79 bits per heavy atom. The van der Waals surface area contributed by atoms with Gasteiger partial charge >= 0.3 is 12.0 Å². The minimum Gasteiger partial charge on any atom is -0.481 e. The van der Waals surface area contributed by atoms with Crippen LogP contribution in [0.3, 0.4) is 0 Å². The summed E-state index contributed by atoms with van der Waals surface area (Å²) >= 11 is 0. The first-order valence-electron chi connectivity index (χ1n) is 7.37. The number of amides is 2. The van der Waals surface area contributed by atoms with E-state index in [2.05, 4.69) is 10.6 Å². The Kier molecular flexibility index (Phi) is 4.66. The molecular weight excluding hydrogens is 244 g/mol. The summed E-state index contributed by atoms with van der Waals surface area (Å²) in [7, 11) is 0. The Morgan fingerprint density at radius 3 is 2.42 bits per heavy atom. The summed E-state index contributed by atoms with van der Waals surface area (Å²) < 4.78 is 0. The maximum atomic E-state index is 11.9. The highest BCUT2D eigenvalue weighted by atomic mass is 16.4. The molecule has 0 aromatic heterocycles. The van der Waals surface area contributed by atoms with Crippen LogP contribution < -0.4 is 10.6 Å². The first kappa shape index (κ1) is 14.2. The Labute approximate surface area is 114 Å². The summed E-state index contributed by atoms with van der Waals surface area (Å²) in [5.41, 5.74) is 0. The van der Waals surface area contributed by atoms with E-state index in [1.807, 2.05) is 6.92 Å². The molecule has 0 spiro atoms. The number of hydrogen-bond donors (Lipinski definition) is 3. The van der Waals surface area contributed by atoms with E-state index in [4.69, 9.17) is 0 Å². The fourth-order valence-corrected chi connectivity index (χ4v) is 2.91. The number of carbonyl (C=O) groups is 2. The van der Waals surface area contributed by atoms with Crippen molar-refractivity contribution < 1.29 is 14.7 Å². The van der Waals surface area contributed by atoms with E-state index in [0.717, 1.165) is 25.7 Å². The quantitative estimate of drug-likeness (QED) is 0.683. The second kappa shape index (κ2) is 6.26. The monoisotopic (exact) mass is 268 g/mol. The Balaban J connectivity index is 1.86. The summed E-state index contributed by atoms with van der Waals surface area (Å²) in [5.74, 6) is -0.623. The van der Waals surface area contributed by atoms with Crippen LogP contribution in [0.4, 0.5) is 4.79 Å². The molecule has 3 atom stereocenters. The highest BCUT2D eigenvalue weighted by molar-refractivity contribution is 5.77. The Bertz CT molecular complexity index is 342. The Morgan fingerprint density at radius 1 is 1.11 bits per heavy atom. The number of carboxylic acid groups (broad SMARTS) is 1. The van der Waals surface area contributed by atoms with Crippen LogP contribution >= 0.6 is 0 Å². The van der Waals surface area contributed by atoms with Gasteiger partial charge in [0.15, 0.2) is 0 Å². The third kappa shape index (κ3) is 4.11. The van der Waals surface area contributed by atoms with E-state index in [0.29, 0.717) is 12.3 Å². The molecule has 5 heteroatoms. The predicted octanol–water partition coefficient (Wildman–Crippen LogP) is 2.12. The van der Waals surface area contributed by atoms with Gasteiger partial charge in [-0.25, -0.2) is 4.79 Å². The molecule has 0 aromatic rings. The lowest BCUT2D eigenvalue weighted by atomic mass is 9.95. The second-order valence-corrected chi connectivity index (χ2v) is 5.93. The molecule has 2 aliphatic carbocycles. The molecule has 3 N–H and O–H groups in total. The highest BCUT2D eigenvalue weighted by Crippen LogP contribution is 2.32. The van der Waals surface area contributed by atoms with Gasteiger partial charge in [-0.05, 0) is 38.5 Å². The van der Waals surface area contributed by atoms with Gasteiger partial charge in [0.2, 0.25) is 0 Å². The van der Waals surface area contributed by atoms with Crippen LogP contribution in [-0.4, -0.2) is 29.2 Å². The van der Waals surface area contributed by atoms with Gasteiger partial charge in [0.1, 0.15) is 0 Å². The number of hydrogen-bond acceptors (Lipinski definition) is 2. The van der Waals surface area contributed by atoms with Crippen LogP contribution in [0, 0.1) is 11.8 Å². The first-order chi connectivity index (χ1) is 9.08. The van der Waals surface area contributed by atoms with E-state index < -0.39 is 11.9 Å². The summed E-state index contributed by atoms with van der Waals surface area (Å²) in [5, 5.41) is 15.1. The molecule has 19 heavy (non-hydrogen) atoms. The average molecular weight is 268 g/mol. The zero-order valence-corrected chi connectivity index (χ0v) is 11.5. The second-order valence-electron chi connectivity index (χ2n) is 5.93. The van der Waals surface area contributed by atoms with E-state index >= 15 is 0 Å². The summed E-state index contributed by atoms with van der Waals surface area (Å²) in [6, 6.07) is -0.252. The number of aliphatic carboxylic acids is 1. The lowest BCUT2D eigenvalue weighted by Crippen LogP contribution is -2.49. The molecular formula is C14H24N2O3. The first-order valence-corrected chi connectivity index (χ1v) is 7.37. The van der Waals surface area contributed by atoms with Crippen molar-refractivity contribution in [2.75, 3.05) is 0 Å². The summed E-state index contributed by atoms with van der Waals surface area (Å²) in [6.07, 6.45) is 6.79. The standard InChI is InChI=1S/C14H24N2O3/c1-9(10-7-8-10)15-14(19)16-12-6-4-2-3-5-11(12)13(17)18/h9-12H,2-8H2,1H3,(H,17,18)(H2,15,16,19). The van der Waals surface area contributed by atoms with E-state index in [9.17, 15) is 14.7 Å². The SMILES string of the molecule is CC(NC(=O)NC1CCCCCC1C(=O)O)C1CC1. The van der Waals surface area contributed by atoms with Crippen LogP contribution in [0.15, 0.2) is 0 Å². The molecule has 0 saturated heterocycles. The van der Waals surface area contributed by atoms with Gasteiger partial charge in [-0.1, -0.05) is 19.3 Å². The fraction of sp³-hybridized carbons (Fsp3) is 0.857. The van der Waals surface area contributed by atoms with Crippen molar-refractivity contribution in [3.8, 4) is 0 Å². The molecule has 0 aliphatic heterocycles. The molecule has 0 heterocycles. The lowest BCUT2D eigenvalue weighted by Gasteiger charge is -2.24. The minimum absolute atomic E-state index is 0.189. The molecule has 2 aliphatic rings. The van der Waals surface area contributed by atoms with Crippen LogP contribution in [0.2, 0.25) is 0 Å². The van der Waals surface area contributed by atoms with Crippen molar-refractivity contribution >= 4 is 12.0 Å². The maximum absolute atomic E-state index is 11.9. The van der Waals surface area contributed by atoms with Crippen molar-refractivity contribution in [2.45, 2.75) is 64.0 Å². The van der Waals surface area contributed by atoms with Gasteiger partial charge < -0.3 is 15.7 Å². The molecule has 3 unspecified atom stereocenters. The third-order valence-corrected chi connectivity index (χ3v) is 4.34.